The fourth-order valence-corrected chi connectivity index (χ4v) is 4.71. The Morgan fingerprint density at radius 3 is 3.05 bits per heavy atom. The number of hydrogen-bond donors (Lipinski definition) is 1. The van der Waals surface area contributed by atoms with Crippen molar-refractivity contribution in [2.75, 3.05) is 31.6 Å². The van der Waals surface area contributed by atoms with Gasteiger partial charge in [0.05, 0.1) is 5.25 Å². The van der Waals surface area contributed by atoms with Crippen molar-refractivity contribution < 1.29 is 13.2 Å². The lowest BCUT2D eigenvalue weighted by atomic mass is 10.4. The summed E-state index contributed by atoms with van der Waals surface area (Å²) in [5.41, 5.74) is 0. The van der Waals surface area contributed by atoms with Crippen LogP contribution in [0.25, 0.3) is 0 Å². The van der Waals surface area contributed by atoms with Crippen LogP contribution in [-0.4, -0.2) is 61.2 Å². The molecule has 118 valence electrons. The van der Waals surface area contributed by atoms with Crippen molar-refractivity contribution in [1.82, 2.24) is 15.2 Å². The van der Waals surface area contributed by atoms with E-state index in [2.05, 4.69) is 10.3 Å². The Balaban J connectivity index is 1.62. The highest BCUT2D eigenvalue weighted by atomic mass is 32.2. The van der Waals surface area contributed by atoms with Gasteiger partial charge in [0.15, 0.2) is 9.84 Å². The Hall–Kier alpha value is -0.800. The average molecular weight is 350 g/mol. The molecule has 1 aliphatic heterocycles. The van der Waals surface area contributed by atoms with Crippen molar-refractivity contribution in [3.05, 3.63) is 11.6 Å². The molecule has 1 fully saturated rings. The molecular weight excluding hydrogens is 330 g/mol. The van der Waals surface area contributed by atoms with Gasteiger partial charge in [0.25, 0.3) is 0 Å². The molecule has 0 spiro atoms. The van der Waals surface area contributed by atoms with Crippen molar-refractivity contribution >= 4 is 39.0 Å². The van der Waals surface area contributed by atoms with E-state index in [1.165, 1.54) is 6.26 Å². The molecule has 0 aromatic carbocycles. The predicted octanol–water partition coefficient (Wildman–Crippen LogP) is 1.45. The maximum atomic E-state index is 11.9. The van der Waals surface area contributed by atoms with E-state index in [4.69, 9.17) is 0 Å². The number of carbonyl (C=O) groups is 1. The third kappa shape index (κ3) is 5.15. The molecule has 1 atom stereocenters. The van der Waals surface area contributed by atoms with Gasteiger partial charge in [0.1, 0.15) is 4.34 Å². The van der Waals surface area contributed by atoms with Crippen LogP contribution >= 0.6 is 23.1 Å². The second kappa shape index (κ2) is 7.46. The maximum Gasteiger partial charge on any atom is 0.317 e. The Morgan fingerprint density at radius 2 is 2.43 bits per heavy atom. The molecule has 0 bridgehead atoms. The minimum absolute atomic E-state index is 0.166. The summed E-state index contributed by atoms with van der Waals surface area (Å²) in [7, 11) is -3.05. The molecule has 2 amide bonds. The molecule has 9 heteroatoms. The Labute approximate surface area is 133 Å². The molecule has 1 saturated heterocycles. The minimum atomic E-state index is -3.05. The largest absolute Gasteiger partial charge is 0.338 e. The van der Waals surface area contributed by atoms with Crippen molar-refractivity contribution in [3.8, 4) is 0 Å². The second-order valence-corrected chi connectivity index (χ2v) is 9.48. The van der Waals surface area contributed by atoms with Crippen molar-refractivity contribution in [2.24, 2.45) is 0 Å². The number of likely N-dealkylation sites (tertiary alicyclic amines) is 1. The Kier molecular flexibility index (Phi) is 5.88. The Morgan fingerprint density at radius 1 is 1.62 bits per heavy atom. The summed E-state index contributed by atoms with van der Waals surface area (Å²) in [6.07, 6.45) is 4.40. The molecule has 2 rings (SSSR count). The highest BCUT2D eigenvalue weighted by molar-refractivity contribution is 8.01. The molecule has 2 heterocycles. The van der Waals surface area contributed by atoms with Gasteiger partial charge < -0.3 is 10.2 Å². The molecule has 1 unspecified atom stereocenters. The molecular formula is C12H19N3O3S3. The van der Waals surface area contributed by atoms with E-state index in [1.54, 1.807) is 34.2 Å². The summed E-state index contributed by atoms with van der Waals surface area (Å²) in [6.45, 7) is 1.41. The van der Waals surface area contributed by atoms with E-state index in [1.807, 2.05) is 5.38 Å². The molecule has 6 nitrogen and oxygen atoms in total. The molecule has 0 radical (unpaired) electrons. The van der Waals surface area contributed by atoms with Gasteiger partial charge in [-0.15, -0.1) is 11.3 Å². The van der Waals surface area contributed by atoms with E-state index in [-0.39, 0.29) is 6.03 Å². The van der Waals surface area contributed by atoms with Gasteiger partial charge >= 0.3 is 6.03 Å². The quantitative estimate of drug-likeness (QED) is 0.621. The summed E-state index contributed by atoms with van der Waals surface area (Å²) >= 11 is 3.29. The van der Waals surface area contributed by atoms with Crippen LogP contribution in [0.15, 0.2) is 15.9 Å². The smallest absolute Gasteiger partial charge is 0.317 e. The summed E-state index contributed by atoms with van der Waals surface area (Å²) < 4.78 is 23.9. The summed E-state index contributed by atoms with van der Waals surface area (Å²) in [6, 6.07) is -0.166. The van der Waals surface area contributed by atoms with Crippen LogP contribution in [0.5, 0.6) is 0 Å². The third-order valence-electron chi connectivity index (χ3n) is 3.27. The zero-order valence-corrected chi connectivity index (χ0v) is 14.3. The summed E-state index contributed by atoms with van der Waals surface area (Å²) in [5.74, 6) is 0.903. The molecule has 1 N–H and O–H groups in total. The first-order chi connectivity index (χ1) is 9.97. The highest BCUT2D eigenvalue weighted by Crippen LogP contribution is 2.20. The number of carbonyl (C=O) groups excluding carboxylic acids is 1. The number of thiazole rings is 1. The first kappa shape index (κ1) is 16.6. The number of amides is 2. The minimum Gasteiger partial charge on any atom is -0.338 e. The van der Waals surface area contributed by atoms with E-state index in [0.717, 1.165) is 16.5 Å². The van der Waals surface area contributed by atoms with Gasteiger partial charge in [-0.25, -0.2) is 18.2 Å². The third-order valence-corrected chi connectivity index (χ3v) is 6.92. The van der Waals surface area contributed by atoms with Crippen LogP contribution < -0.4 is 5.32 Å². The monoisotopic (exact) mass is 349 g/mol. The standard InChI is InChI=1S/C12H19N3O3S3/c1-21(17,18)10-3-6-15(9-10)11(16)13-4-2-7-19-12-14-5-8-20-12/h5,8,10H,2-4,6-7,9H2,1H3,(H,13,16). The molecule has 1 aromatic rings. The van der Waals surface area contributed by atoms with Crippen LogP contribution in [0.3, 0.4) is 0 Å². The van der Waals surface area contributed by atoms with E-state index >= 15 is 0 Å². The number of urea groups is 1. The normalized spacial score (nSPS) is 18.9. The number of aromatic nitrogens is 1. The van der Waals surface area contributed by atoms with Gasteiger partial charge in [0.2, 0.25) is 0 Å². The first-order valence-electron chi connectivity index (χ1n) is 6.71. The second-order valence-electron chi connectivity index (χ2n) is 4.92. The predicted molar refractivity (Wildman–Crippen MR) is 85.7 cm³/mol. The molecule has 0 saturated carbocycles. The first-order valence-corrected chi connectivity index (χ1v) is 10.5. The van der Waals surface area contributed by atoms with Gasteiger partial charge in [-0.3, -0.25) is 0 Å². The number of nitrogens with zero attached hydrogens (tertiary/aromatic N) is 2. The topological polar surface area (TPSA) is 79.4 Å². The number of nitrogens with one attached hydrogen (secondary N) is 1. The Bertz CT molecular complexity index is 560. The van der Waals surface area contributed by atoms with Gasteiger partial charge in [-0.2, -0.15) is 0 Å². The van der Waals surface area contributed by atoms with Crippen molar-refractivity contribution in [1.29, 1.82) is 0 Å². The van der Waals surface area contributed by atoms with E-state index in [0.29, 0.717) is 26.1 Å². The average Bonchev–Trinajstić information content (AvgIpc) is 3.08. The fourth-order valence-electron chi connectivity index (χ4n) is 2.08. The highest BCUT2D eigenvalue weighted by Gasteiger charge is 2.32. The van der Waals surface area contributed by atoms with Gasteiger partial charge in [-0.05, 0) is 12.8 Å². The molecule has 1 aromatic heterocycles. The lowest BCUT2D eigenvalue weighted by Gasteiger charge is -2.16. The maximum absolute atomic E-state index is 11.9. The lowest BCUT2D eigenvalue weighted by Crippen LogP contribution is -2.40. The SMILES string of the molecule is CS(=O)(=O)C1CCN(C(=O)NCCCSc2nccs2)C1. The number of rotatable bonds is 6. The van der Waals surface area contributed by atoms with Crippen LogP contribution in [0.1, 0.15) is 12.8 Å². The fraction of sp³-hybridized carbons (Fsp3) is 0.667. The van der Waals surface area contributed by atoms with Crippen LogP contribution in [0.2, 0.25) is 0 Å². The lowest BCUT2D eigenvalue weighted by molar-refractivity contribution is 0.209. The number of sulfone groups is 1. The van der Waals surface area contributed by atoms with Crippen molar-refractivity contribution in [3.63, 3.8) is 0 Å². The number of hydrogen-bond acceptors (Lipinski definition) is 6. The molecule has 21 heavy (non-hydrogen) atoms. The van der Waals surface area contributed by atoms with E-state index in [9.17, 15) is 13.2 Å². The van der Waals surface area contributed by atoms with Gasteiger partial charge in [-0.1, -0.05) is 11.8 Å². The molecule has 0 aliphatic carbocycles. The zero-order chi connectivity index (χ0) is 15.3. The van der Waals surface area contributed by atoms with Crippen molar-refractivity contribution in [2.45, 2.75) is 22.4 Å². The van der Waals surface area contributed by atoms with E-state index < -0.39 is 15.1 Å². The van der Waals surface area contributed by atoms with Crippen LogP contribution in [0.4, 0.5) is 4.79 Å². The summed E-state index contributed by atoms with van der Waals surface area (Å²) in [4.78, 5) is 17.7. The summed E-state index contributed by atoms with van der Waals surface area (Å²) in [5, 5.41) is 4.37. The van der Waals surface area contributed by atoms with Gasteiger partial charge in [0, 0.05) is 43.2 Å². The molecule has 1 aliphatic rings. The number of thioether (sulfide) groups is 1. The van der Waals surface area contributed by atoms with Crippen LogP contribution in [-0.2, 0) is 9.84 Å². The zero-order valence-electron chi connectivity index (χ0n) is 11.8. The van der Waals surface area contributed by atoms with Crippen LogP contribution in [0, 0.1) is 0 Å².